The molecule has 0 heterocycles. The predicted octanol–water partition coefficient (Wildman–Crippen LogP) is 3.24. The molecule has 1 aliphatic carbocycles. The number of sulfone groups is 1. The summed E-state index contributed by atoms with van der Waals surface area (Å²) in [6, 6.07) is 7.18. The van der Waals surface area contributed by atoms with Gasteiger partial charge in [-0.15, -0.1) is 0 Å². The van der Waals surface area contributed by atoms with Crippen LogP contribution in [0.4, 0.5) is 0 Å². The maximum Gasteiger partial charge on any atom is 0.220 e. The minimum Gasteiger partial charge on any atom is -0.354 e. The Balaban J connectivity index is 2.05. The maximum atomic E-state index is 12.8. The molecule has 2 rings (SSSR count). The third-order valence-electron chi connectivity index (χ3n) is 4.45. The fourth-order valence-corrected chi connectivity index (χ4v) is 5.18. The van der Waals surface area contributed by atoms with Gasteiger partial charge in [0, 0.05) is 12.5 Å². The summed E-state index contributed by atoms with van der Waals surface area (Å²) in [7, 11) is -3.30. The van der Waals surface area contributed by atoms with Gasteiger partial charge in [0.2, 0.25) is 5.91 Å². The topological polar surface area (TPSA) is 63.2 Å². The molecule has 1 fully saturated rings. The van der Waals surface area contributed by atoms with Gasteiger partial charge in [0.15, 0.2) is 9.84 Å². The average molecular weight is 337 g/mol. The normalized spacial score (nSPS) is 22.1. The Morgan fingerprint density at radius 2 is 1.87 bits per heavy atom. The number of benzene rings is 1. The van der Waals surface area contributed by atoms with Gasteiger partial charge in [0.05, 0.1) is 10.1 Å². The van der Waals surface area contributed by atoms with E-state index in [2.05, 4.69) is 5.32 Å². The van der Waals surface area contributed by atoms with Gasteiger partial charge >= 0.3 is 0 Å². The second kappa shape index (κ2) is 7.47. The molecule has 5 heteroatoms. The van der Waals surface area contributed by atoms with E-state index in [0.717, 1.165) is 18.4 Å². The van der Waals surface area contributed by atoms with Crippen molar-refractivity contribution in [3.8, 4) is 0 Å². The second-order valence-corrected chi connectivity index (χ2v) is 9.17. The van der Waals surface area contributed by atoms with Crippen LogP contribution < -0.4 is 5.32 Å². The molecule has 0 bridgehead atoms. The van der Waals surface area contributed by atoms with Crippen LogP contribution in [0.15, 0.2) is 29.2 Å². The first-order valence-corrected chi connectivity index (χ1v) is 9.93. The number of carbonyl (C=O) groups excluding carboxylic acids is 1. The number of amides is 1. The Morgan fingerprint density at radius 3 is 2.48 bits per heavy atom. The van der Waals surface area contributed by atoms with Gasteiger partial charge in [-0.3, -0.25) is 4.79 Å². The minimum absolute atomic E-state index is 0.0263. The average Bonchev–Trinajstić information content (AvgIpc) is 2.47. The van der Waals surface area contributed by atoms with Crippen LogP contribution in [-0.4, -0.2) is 25.6 Å². The van der Waals surface area contributed by atoms with E-state index in [1.54, 1.807) is 12.1 Å². The molecule has 0 saturated heterocycles. The molecule has 1 N–H and O–H groups in total. The molecule has 1 aliphatic rings. The van der Waals surface area contributed by atoms with Gasteiger partial charge in [0.1, 0.15) is 0 Å². The highest BCUT2D eigenvalue weighted by molar-refractivity contribution is 7.92. The van der Waals surface area contributed by atoms with Crippen LogP contribution in [0.3, 0.4) is 0 Å². The first-order valence-electron chi connectivity index (χ1n) is 8.39. The summed E-state index contributed by atoms with van der Waals surface area (Å²) in [5.74, 6) is 0.186. The van der Waals surface area contributed by atoms with Crippen molar-refractivity contribution in [2.75, 3.05) is 0 Å². The fraction of sp³-hybridized carbons (Fsp3) is 0.611. The van der Waals surface area contributed by atoms with Crippen molar-refractivity contribution in [1.82, 2.24) is 5.32 Å². The lowest BCUT2D eigenvalue weighted by Crippen LogP contribution is -2.34. The molecule has 1 aromatic carbocycles. The first kappa shape index (κ1) is 18.0. The van der Waals surface area contributed by atoms with Crippen LogP contribution >= 0.6 is 0 Å². The van der Waals surface area contributed by atoms with Crippen molar-refractivity contribution >= 4 is 15.7 Å². The van der Waals surface area contributed by atoms with Crippen LogP contribution in [0.2, 0.25) is 0 Å². The smallest absolute Gasteiger partial charge is 0.220 e. The molecular formula is C18H27NO3S. The Bertz CT molecular complexity index is 635. The van der Waals surface area contributed by atoms with E-state index < -0.39 is 9.84 Å². The summed E-state index contributed by atoms with van der Waals surface area (Å²) in [4.78, 5) is 12.3. The van der Waals surface area contributed by atoms with E-state index in [4.69, 9.17) is 0 Å². The van der Waals surface area contributed by atoms with Crippen molar-refractivity contribution in [2.45, 2.75) is 69.1 Å². The van der Waals surface area contributed by atoms with Crippen molar-refractivity contribution in [1.29, 1.82) is 0 Å². The van der Waals surface area contributed by atoms with Crippen LogP contribution in [0, 0.1) is 12.8 Å². The first-order chi connectivity index (χ1) is 10.8. The number of rotatable bonds is 5. The molecule has 0 aliphatic heterocycles. The SMILES string of the molecule is Cc1ccc(S(=O)(=O)C2CCC[C@@H](CC(=O)NC(C)C)C2)cc1. The number of hydrogen-bond donors (Lipinski definition) is 1. The molecule has 1 amide bonds. The molecule has 4 nitrogen and oxygen atoms in total. The molecule has 23 heavy (non-hydrogen) atoms. The van der Waals surface area contributed by atoms with E-state index >= 15 is 0 Å². The Labute approximate surface area is 139 Å². The fourth-order valence-electron chi connectivity index (χ4n) is 3.27. The molecule has 1 saturated carbocycles. The standard InChI is InChI=1S/C18H27NO3S/c1-13(2)19-18(20)12-15-5-4-6-17(11-15)23(21,22)16-9-7-14(3)8-10-16/h7-10,13,15,17H,4-6,11-12H2,1-3H3,(H,19,20)/t15-,17?/m1/s1. The lowest BCUT2D eigenvalue weighted by molar-refractivity contribution is -0.122. The van der Waals surface area contributed by atoms with Crippen LogP contribution in [0.25, 0.3) is 0 Å². The highest BCUT2D eigenvalue weighted by Crippen LogP contribution is 2.33. The zero-order valence-electron chi connectivity index (χ0n) is 14.2. The monoisotopic (exact) mass is 337 g/mol. The number of carbonyl (C=O) groups is 1. The Hall–Kier alpha value is -1.36. The number of nitrogens with one attached hydrogen (secondary N) is 1. The largest absolute Gasteiger partial charge is 0.354 e. The van der Waals surface area contributed by atoms with Gasteiger partial charge in [0.25, 0.3) is 0 Å². The van der Waals surface area contributed by atoms with Crippen LogP contribution in [0.1, 0.15) is 51.5 Å². The molecule has 0 radical (unpaired) electrons. The summed E-state index contributed by atoms with van der Waals surface area (Å²) in [5.41, 5.74) is 1.05. The lowest BCUT2D eigenvalue weighted by Gasteiger charge is -2.29. The molecule has 1 aromatic rings. The summed E-state index contributed by atoms with van der Waals surface area (Å²) in [6.07, 6.45) is 3.51. The van der Waals surface area contributed by atoms with Gasteiger partial charge < -0.3 is 5.32 Å². The zero-order chi connectivity index (χ0) is 17.0. The van der Waals surface area contributed by atoms with Crippen LogP contribution in [0.5, 0.6) is 0 Å². The summed E-state index contributed by atoms with van der Waals surface area (Å²) in [6.45, 7) is 5.81. The summed E-state index contributed by atoms with van der Waals surface area (Å²) < 4.78 is 25.6. The van der Waals surface area contributed by atoms with Gasteiger partial charge in [-0.1, -0.05) is 24.1 Å². The Kier molecular flexibility index (Phi) is 5.84. The quantitative estimate of drug-likeness (QED) is 0.897. The third kappa shape index (κ3) is 4.80. The lowest BCUT2D eigenvalue weighted by atomic mass is 9.86. The molecule has 1 unspecified atom stereocenters. The maximum absolute atomic E-state index is 12.8. The highest BCUT2D eigenvalue weighted by Gasteiger charge is 2.33. The number of hydrogen-bond acceptors (Lipinski definition) is 3. The van der Waals surface area contributed by atoms with E-state index in [1.807, 2.05) is 32.9 Å². The van der Waals surface area contributed by atoms with Gasteiger partial charge in [-0.25, -0.2) is 8.42 Å². The van der Waals surface area contributed by atoms with Crippen molar-refractivity contribution < 1.29 is 13.2 Å². The molecule has 128 valence electrons. The molecule has 0 aromatic heterocycles. The van der Waals surface area contributed by atoms with Gasteiger partial charge in [-0.2, -0.15) is 0 Å². The third-order valence-corrected chi connectivity index (χ3v) is 6.68. The summed E-state index contributed by atoms with van der Waals surface area (Å²) >= 11 is 0. The molecule has 2 atom stereocenters. The van der Waals surface area contributed by atoms with Crippen LogP contribution in [-0.2, 0) is 14.6 Å². The molecule has 0 spiro atoms. The van der Waals surface area contributed by atoms with Crippen molar-refractivity contribution in [3.05, 3.63) is 29.8 Å². The van der Waals surface area contributed by atoms with E-state index in [1.165, 1.54) is 0 Å². The van der Waals surface area contributed by atoms with Crippen molar-refractivity contribution in [3.63, 3.8) is 0 Å². The highest BCUT2D eigenvalue weighted by atomic mass is 32.2. The van der Waals surface area contributed by atoms with E-state index in [9.17, 15) is 13.2 Å². The predicted molar refractivity (Wildman–Crippen MR) is 92.0 cm³/mol. The summed E-state index contributed by atoms with van der Waals surface area (Å²) in [5, 5.41) is 2.53. The van der Waals surface area contributed by atoms with Crippen molar-refractivity contribution in [2.24, 2.45) is 5.92 Å². The molecular weight excluding hydrogens is 310 g/mol. The van der Waals surface area contributed by atoms with E-state index in [0.29, 0.717) is 24.2 Å². The second-order valence-electron chi connectivity index (χ2n) is 6.94. The minimum atomic E-state index is -3.30. The number of aryl methyl sites for hydroxylation is 1. The van der Waals surface area contributed by atoms with E-state index in [-0.39, 0.29) is 23.1 Å². The van der Waals surface area contributed by atoms with Gasteiger partial charge in [-0.05, 0) is 58.1 Å². The zero-order valence-corrected chi connectivity index (χ0v) is 15.0. The Morgan fingerprint density at radius 1 is 1.22 bits per heavy atom.